The minimum Gasteiger partial charge on any atom is -0.347 e. The third kappa shape index (κ3) is 4.47. The van der Waals surface area contributed by atoms with Crippen LogP contribution in [0.3, 0.4) is 0 Å². The Morgan fingerprint density at radius 2 is 1.81 bits per heavy atom. The van der Waals surface area contributed by atoms with E-state index in [9.17, 15) is 4.79 Å². The highest BCUT2D eigenvalue weighted by molar-refractivity contribution is 7.13. The fourth-order valence-corrected chi connectivity index (χ4v) is 3.98. The van der Waals surface area contributed by atoms with Gasteiger partial charge in [-0.05, 0) is 23.3 Å². The Morgan fingerprint density at radius 1 is 1.00 bits per heavy atom. The fourth-order valence-electron chi connectivity index (χ4n) is 3.20. The molecule has 0 fully saturated rings. The van der Waals surface area contributed by atoms with E-state index in [0.717, 1.165) is 27.4 Å². The van der Waals surface area contributed by atoms with Gasteiger partial charge in [-0.2, -0.15) is 10.2 Å². The molecule has 1 N–H and O–H groups in total. The van der Waals surface area contributed by atoms with Gasteiger partial charge in [-0.25, -0.2) is 19.3 Å². The van der Waals surface area contributed by atoms with Gasteiger partial charge in [0.1, 0.15) is 23.4 Å². The van der Waals surface area contributed by atoms with E-state index >= 15 is 0 Å². The molecule has 0 unspecified atom stereocenters. The summed E-state index contributed by atoms with van der Waals surface area (Å²) in [6.45, 7) is 1.09. The Hall–Kier alpha value is -4.11. The fraction of sp³-hybridized carbons (Fsp3) is 0.0870. The van der Waals surface area contributed by atoms with E-state index in [1.165, 1.54) is 17.7 Å². The molecule has 0 atom stereocenters. The third-order valence-corrected chi connectivity index (χ3v) is 5.77. The first kappa shape index (κ1) is 19.8. The molecule has 158 valence electrons. The Morgan fingerprint density at radius 3 is 2.59 bits per heavy atom. The third-order valence-electron chi connectivity index (χ3n) is 4.87. The molecular formula is C23H19N7OS. The van der Waals surface area contributed by atoms with Crippen molar-refractivity contribution in [1.82, 2.24) is 34.8 Å². The number of hydrogen-bond acceptors (Lipinski definition) is 6. The maximum absolute atomic E-state index is 12.6. The Labute approximate surface area is 188 Å². The number of carbonyl (C=O) groups excluding carboxylic acids is 1. The summed E-state index contributed by atoms with van der Waals surface area (Å²) in [5.74, 6) is -0.199. The Balaban J connectivity index is 1.19. The van der Waals surface area contributed by atoms with Gasteiger partial charge < -0.3 is 5.32 Å². The molecule has 0 saturated carbocycles. The van der Waals surface area contributed by atoms with Crippen molar-refractivity contribution < 1.29 is 4.79 Å². The van der Waals surface area contributed by atoms with Crippen LogP contribution in [0.25, 0.3) is 16.3 Å². The van der Waals surface area contributed by atoms with Crippen molar-refractivity contribution in [3.8, 4) is 16.3 Å². The number of nitrogens with zero attached hydrogens (tertiary/aromatic N) is 6. The summed E-state index contributed by atoms with van der Waals surface area (Å²) in [5, 5.41) is 14.0. The lowest BCUT2D eigenvalue weighted by Gasteiger charge is -2.06. The van der Waals surface area contributed by atoms with Gasteiger partial charge in [-0.3, -0.25) is 4.79 Å². The van der Waals surface area contributed by atoms with Crippen LogP contribution < -0.4 is 5.32 Å². The number of hydrogen-bond donors (Lipinski definition) is 1. The second-order valence-electron chi connectivity index (χ2n) is 7.14. The molecule has 3 aromatic heterocycles. The largest absolute Gasteiger partial charge is 0.347 e. The van der Waals surface area contributed by atoms with Crippen molar-refractivity contribution in [2.24, 2.45) is 0 Å². The van der Waals surface area contributed by atoms with Crippen LogP contribution in [0.4, 0.5) is 0 Å². The van der Waals surface area contributed by atoms with Crippen molar-refractivity contribution in [2.45, 2.75) is 13.1 Å². The summed E-state index contributed by atoms with van der Waals surface area (Å²) < 4.78 is 3.56. The van der Waals surface area contributed by atoms with Gasteiger partial charge in [0.25, 0.3) is 5.91 Å². The number of aromatic nitrogens is 6. The van der Waals surface area contributed by atoms with Crippen LogP contribution >= 0.6 is 11.3 Å². The molecule has 0 aliphatic rings. The van der Waals surface area contributed by atoms with Crippen LogP contribution in [-0.4, -0.2) is 35.4 Å². The molecule has 1 amide bonds. The van der Waals surface area contributed by atoms with Crippen LogP contribution in [-0.2, 0) is 13.1 Å². The van der Waals surface area contributed by atoms with Crippen LogP contribution in [0.15, 0.2) is 85.0 Å². The molecule has 0 radical (unpaired) electrons. The van der Waals surface area contributed by atoms with Crippen molar-refractivity contribution in [3.63, 3.8) is 0 Å². The van der Waals surface area contributed by atoms with Crippen LogP contribution in [0.5, 0.6) is 0 Å². The number of amides is 1. The number of carbonyl (C=O) groups is 1. The number of rotatable bonds is 7. The summed E-state index contributed by atoms with van der Waals surface area (Å²) in [5.41, 5.74) is 4.38. The lowest BCUT2D eigenvalue weighted by atomic mass is 10.1. The molecule has 0 bridgehead atoms. The molecule has 2 aromatic carbocycles. The smallest absolute Gasteiger partial charge is 0.271 e. The molecule has 5 aromatic rings. The quantitative estimate of drug-likeness (QED) is 0.417. The van der Waals surface area contributed by atoms with Crippen LogP contribution in [0, 0.1) is 0 Å². The summed E-state index contributed by atoms with van der Waals surface area (Å²) in [7, 11) is 0. The van der Waals surface area contributed by atoms with E-state index in [2.05, 4.69) is 25.5 Å². The molecule has 0 aliphatic heterocycles. The highest BCUT2D eigenvalue weighted by Gasteiger charge is 2.13. The van der Waals surface area contributed by atoms with Crippen LogP contribution in [0.1, 0.15) is 21.6 Å². The highest BCUT2D eigenvalue weighted by atomic mass is 32.1. The molecule has 5 rings (SSSR count). The van der Waals surface area contributed by atoms with Crippen molar-refractivity contribution >= 4 is 17.2 Å². The number of nitrogens with one attached hydrogen (secondary N) is 1. The molecule has 32 heavy (non-hydrogen) atoms. The van der Waals surface area contributed by atoms with Gasteiger partial charge in [0, 0.05) is 23.7 Å². The van der Waals surface area contributed by atoms with Crippen molar-refractivity contribution in [2.75, 3.05) is 0 Å². The normalized spacial score (nSPS) is 10.9. The number of para-hydroxylation sites is 1. The first-order chi connectivity index (χ1) is 15.7. The standard InChI is InChI=1S/C23H19N7OS/c31-22(25-10-17-6-8-18(9-7-17)12-29-16-24-15-27-29)21-14-32-23(28-21)19-11-26-30(13-19)20-4-2-1-3-5-20/h1-9,11,13-16H,10,12H2,(H,25,31). The predicted octanol–water partition coefficient (Wildman–Crippen LogP) is 3.57. The molecule has 0 aliphatic carbocycles. The lowest BCUT2D eigenvalue weighted by Crippen LogP contribution is -2.23. The van der Waals surface area contributed by atoms with E-state index in [1.54, 1.807) is 27.3 Å². The lowest BCUT2D eigenvalue weighted by molar-refractivity contribution is 0.0946. The first-order valence-corrected chi connectivity index (χ1v) is 10.9. The van der Waals surface area contributed by atoms with Gasteiger partial charge >= 0.3 is 0 Å². The summed E-state index contributed by atoms with van der Waals surface area (Å²) in [4.78, 5) is 21.0. The molecular weight excluding hydrogens is 422 g/mol. The van der Waals surface area contributed by atoms with Crippen molar-refractivity contribution in [1.29, 1.82) is 0 Å². The average Bonchev–Trinajstić information content (AvgIpc) is 3.61. The minimum absolute atomic E-state index is 0.199. The van der Waals surface area contributed by atoms with Gasteiger partial charge in [0.05, 0.1) is 18.4 Å². The molecule has 9 heteroatoms. The first-order valence-electron chi connectivity index (χ1n) is 9.99. The predicted molar refractivity (Wildman–Crippen MR) is 121 cm³/mol. The van der Waals surface area contributed by atoms with Gasteiger partial charge in [-0.15, -0.1) is 11.3 Å². The zero-order valence-electron chi connectivity index (χ0n) is 17.0. The van der Waals surface area contributed by atoms with E-state index < -0.39 is 0 Å². The molecule has 0 spiro atoms. The maximum atomic E-state index is 12.6. The zero-order chi connectivity index (χ0) is 21.8. The van der Waals surface area contributed by atoms with Gasteiger partial charge in [-0.1, -0.05) is 42.5 Å². The molecule has 0 saturated heterocycles. The minimum atomic E-state index is -0.199. The molecule has 8 nitrogen and oxygen atoms in total. The Kier molecular flexibility index (Phi) is 5.54. The van der Waals surface area contributed by atoms with E-state index in [0.29, 0.717) is 18.8 Å². The Bertz CT molecular complexity index is 1310. The topological polar surface area (TPSA) is 90.5 Å². The average molecular weight is 442 g/mol. The van der Waals surface area contributed by atoms with Crippen LogP contribution in [0.2, 0.25) is 0 Å². The van der Waals surface area contributed by atoms with E-state index in [4.69, 9.17) is 0 Å². The second kappa shape index (κ2) is 8.94. The highest BCUT2D eigenvalue weighted by Crippen LogP contribution is 2.24. The summed E-state index contributed by atoms with van der Waals surface area (Å²) in [6, 6.07) is 17.9. The number of benzene rings is 2. The van der Waals surface area contributed by atoms with E-state index in [1.807, 2.05) is 60.8 Å². The van der Waals surface area contributed by atoms with Gasteiger partial charge in [0.15, 0.2) is 0 Å². The SMILES string of the molecule is O=C(NCc1ccc(Cn2cncn2)cc1)c1csc(-c2cnn(-c3ccccc3)c2)n1. The summed E-state index contributed by atoms with van der Waals surface area (Å²) in [6.07, 6.45) is 6.87. The number of thiazole rings is 1. The van der Waals surface area contributed by atoms with Crippen molar-refractivity contribution in [3.05, 3.63) is 102 Å². The monoisotopic (exact) mass is 441 g/mol. The zero-order valence-corrected chi connectivity index (χ0v) is 17.8. The van der Waals surface area contributed by atoms with E-state index in [-0.39, 0.29) is 5.91 Å². The second-order valence-corrected chi connectivity index (χ2v) is 8.00. The molecule has 3 heterocycles. The summed E-state index contributed by atoms with van der Waals surface area (Å²) >= 11 is 1.43. The van der Waals surface area contributed by atoms with Gasteiger partial charge in [0.2, 0.25) is 0 Å². The maximum Gasteiger partial charge on any atom is 0.271 e.